The first-order valence-electron chi connectivity index (χ1n) is 9.43. The highest BCUT2D eigenvalue weighted by molar-refractivity contribution is 14.0. The molecule has 0 amide bonds. The summed E-state index contributed by atoms with van der Waals surface area (Å²) in [4.78, 5) is 6.58. The third-order valence-electron chi connectivity index (χ3n) is 4.71. The summed E-state index contributed by atoms with van der Waals surface area (Å²) in [6, 6.07) is 16.7. The lowest BCUT2D eigenvalue weighted by molar-refractivity contribution is 0.290. The van der Waals surface area contributed by atoms with E-state index in [1.165, 1.54) is 5.56 Å². The Hall–Kier alpha value is -2.00. The van der Waals surface area contributed by atoms with E-state index in [0.717, 1.165) is 36.0 Å². The number of methoxy groups -OCH3 is 2. The number of aliphatic imine (C=N–C) groups is 1. The van der Waals surface area contributed by atoms with Crippen LogP contribution in [0.3, 0.4) is 0 Å². The van der Waals surface area contributed by atoms with Crippen LogP contribution in [-0.4, -0.2) is 58.8 Å². The van der Waals surface area contributed by atoms with Crippen LogP contribution in [0.25, 0.3) is 0 Å². The van der Waals surface area contributed by atoms with Crippen molar-refractivity contribution in [1.29, 1.82) is 0 Å². The minimum Gasteiger partial charge on any atom is -0.497 e. The molecule has 2 rings (SSSR count). The molecule has 0 bridgehead atoms. The summed E-state index contributed by atoms with van der Waals surface area (Å²) < 4.78 is 10.7. The molecule has 160 valence electrons. The number of benzene rings is 2. The zero-order valence-electron chi connectivity index (χ0n) is 17.9. The van der Waals surface area contributed by atoms with Gasteiger partial charge in [-0.3, -0.25) is 4.99 Å². The zero-order chi connectivity index (χ0) is 20.4. The Bertz CT molecular complexity index is 754. The van der Waals surface area contributed by atoms with Gasteiger partial charge in [-0.05, 0) is 38.2 Å². The number of guanidine groups is 1. The Morgan fingerprint density at radius 2 is 1.76 bits per heavy atom. The minimum absolute atomic E-state index is 0. The first-order chi connectivity index (χ1) is 13.6. The highest BCUT2D eigenvalue weighted by Crippen LogP contribution is 2.24. The standard InChI is InChI=1S/C22H32N4O2.HI/c1-23-22(24-15-18-11-12-20(27-4)14-21(18)28-5)25-16-19(26(2)3)13-17-9-7-6-8-10-17;/h6-12,14,19H,13,15-16H2,1-5H3,(H2,23,24,25);1H. The van der Waals surface area contributed by atoms with Gasteiger partial charge in [-0.1, -0.05) is 30.3 Å². The van der Waals surface area contributed by atoms with E-state index < -0.39 is 0 Å². The monoisotopic (exact) mass is 512 g/mol. The summed E-state index contributed by atoms with van der Waals surface area (Å²) in [5.74, 6) is 2.33. The maximum Gasteiger partial charge on any atom is 0.191 e. The summed E-state index contributed by atoms with van der Waals surface area (Å²) in [7, 11) is 9.30. The quantitative estimate of drug-likeness (QED) is 0.307. The van der Waals surface area contributed by atoms with Crippen molar-refractivity contribution in [2.24, 2.45) is 4.99 Å². The SMILES string of the molecule is CN=C(NCc1ccc(OC)cc1OC)NCC(Cc1ccccc1)N(C)C.I. The van der Waals surface area contributed by atoms with E-state index in [9.17, 15) is 0 Å². The average molecular weight is 512 g/mol. The molecular weight excluding hydrogens is 479 g/mol. The van der Waals surface area contributed by atoms with E-state index in [4.69, 9.17) is 9.47 Å². The van der Waals surface area contributed by atoms with E-state index >= 15 is 0 Å². The van der Waals surface area contributed by atoms with Gasteiger partial charge in [0, 0.05) is 37.8 Å². The molecule has 0 radical (unpaired) electrons. The van der Waals surface area contributed by atoms with Crippen molar-refractivity contribution >= 4 is 29.9 Å². The summed E-state index contributed by atoms with van der Waals surface area (Å²) in [6.07, 6.45) is 0.976. The first-order valence-corrected chi connectivity index (χ1v) is 9.43. The molecule has 29 heavy (non-hydrogen) atoms. The van der Waals surface area contributed by atoms with Crippen LogP contribution in [0.4, 0.5) is 0 Å². The molecule has 7 heteroatoms. The summed E-state index contributed by atoms with van der Waals surface area (Å²) in [5.41, 5.74) is 2.37. The van der Waals surface area contributed by atoms with Crippen molar-refractivity contribution < 1.29 is 9.47 Å². The molecule has 0 aliphatic heterocycles. The number of nitrogens with one attached hydrogen (secondary N) is 2. The molecule has 2 N–H and O–H groups in total. The van der Waals surface area contributed by atoms with Gasteiger partial charge < -0.3 is 25.0 Å². The molecule has 1 unspecified atom stereocenters. The van der Waals surface area contributed by atoms with Crippen LogP contribution in [0.15, 0.2) is 53.5 Å². The van der Waals surface area contributed by atoms with Crippen LogP contribution in [0, 0.1) is 0 Å². The largest absolute Gasteiger partial charge is 0.497 e. The number of nitrogens with zero attached hydrogens (tertiary/aromatic N) is 2. The van der Waals surface area contributed by atoms with E-state index in [-0.39, 0.29) is 24.0 Å². The molecule has 0 saturated heterocycles. The number of hydrogen-bond acceptors (Lipinski definition) is 4. The molecule has 0 fully saturated rings. The third-order valence-corrected chi connectivity index (χ3v) is 4.71. The van der Waals surface area contributed by atoms with Crippen molar-refractivity contribution in [3.63, 3.8) is 0 Å². The van der Waals surface area contributed by atoms with Gasteiger partial charge in [0.25, 0.3) is 0 Å². The Balaban J connectivity index is 0.00000420. The maximum atomic E-state index is 5.46. The van der Waals surface area contributed by atoms with Crippen molar-refractivity contribution in [1.82, 2.24) is 15.5 Å². The van der Waals surface area contributed by atoms with Crippen LogP contribution in [0.1, 0.15) is 11.1 Å². The smallest absolute Gasteiger partial charge is 0.191 e. The van der Waals surface area contributed by atoms with Crippen LogP contribution < -0.4 is 20.1 Å². The Labute approximate surface area is 191 Å². The molecule has 0 spiro atoms. The molecule has 1 atom stereocenters. The zero-order valence-corrected chi connectivity index (χ0v) is 20.3. The molecule has 0 heterocycles. The van der Waals surface area contributed by atoms with Crippen LogP contribution >= 0.6 is 24.0 Å². The fraction of sp³-hybridized carbons (Fsp3) is 0.409. The van der Waals surface area contributed by atoms with E-state index in [2.05, 4.69) is 58.9 Å². The topological polar surface area (TPSA) is 58.1 Å². The normalized spacial score (nSPS) is 12.1. The number of hydrogen-bond donors (Lipinski definition) is 2. The lowest BCUT2D eigenvalue weighted by Gasteiger charge is -2.26. The van der Waals surface area contributed by atoms with Crippen molar-refractivity contribution in [2.75, 3.05) is 41.9 Å². The predicted molar refractivity (Wildman–Crippen MR) is 131 cm³/mol. The van der Waals surface area contributed by atoms with Gasteiger partial charge in [0.05, 0.1) is 14.2 Å². The van der Waals surface area contributed by atoms with Gasteiger partial charge in [0.1, 0.15) is 11.5 Å². The molecule has 2 aromatic rings. The molecule has 0 aromatic heterocycles. The molecular formula is C22H33IN4O2. The van der Waals surface area contributed by atoms with Gasteiger partial charge in [0.2, 0.25) is 0 Å². The lowest BCUT2D eigenvalue weighted by atomic mass is 10.1. The number of halogens is 1. The minimum atomic E-state index is 0. The second kappa shape index (κ2) is 13.3. The molecule has 0 saturated carbocycles. The Morgan fingerprint density at radius 3 is 2.34 bits per heavy atom. The summed E-state index contributed by atoms with van der Waals surface area (Å²) in [6.45, 7) is 1.40. The van der Waals surface area contributed by atoms with Crippen LogP contribution in [0.2, 0.25) is 0 Å². The van der Waals surface area contributed by atoms with Crippen LogP contribution in [0.5, 0.6) is 11.5 Å². The van der Waals surface area contributed by atoms with E-state index in [0.29, 0.717) is 12.6 Å². The molecule has 0 aliphatic rings. The van der Waals surface area contributed by atoms with Crippen molar-refractivity contribution in [3.05, 3.63) is 59.7 Å². The van der Waals surface area contributed by atoms with E-state index in [1.54, 1.807) is 21.3 Å². The molecule has 0 aliphatic carbocycles. The number of ether oxygens (including phenoxy) is 2. The molecule has 6 nitrogen and oxygen atoms in total. The second-order valence-electron chi connectivity index (χ2n) is 6.79. The van der Waals surface area contributed by atoms with Crippen molar-refractivity contribution in [2.45, 2.75) is 19.0 Å². The fourth-order valence-electron chi connectivity index (χ4n) is 2.94. The maximum absolute atomic E-state index is 5.46. The van der Waals surface area contributed by atoms with Gasteiger partial charge in [-0.2, -0.15) is 0 Å². The summed E-state index contributed by atoms with van der Waals surface area (Å²) >= 11 is 0. The summed E-state index contributed by atoms with van der Waals surface area (Å²) in [5, 5.41) is 6.79. The number of rotatable bonds is 9. The predicted octanol–water partition coefficient (Wildman–Crippen LogP) is 3.16. The van der Waals surface area contributed by atoms with Gasteiger partial charge in [-0.25, -0.2) is 0 Å². The Morgan fingerprint density at radius 1 is 1.03 bits per heavy atom. The first kappa shape index (κ1) is 25.0. The Kier molecular flexibility index (Phi) is 11.5. The molecule has 2 aromatic carbocycles. The highest BCUT2D eigenvalue weighted by atomic mass is 127. The average Bonchev–Trinajstić information content (AvgIpc) is 2.73. The number of likely N-dealkylation sites (N-methyl/N-ethyl adjacent to an activating group) is 1. The van der Waals surface area contributed by atoms with Gasteiger partial charge in [0.15, 0.2) is 5.96 Å². The van der Waals surface area contributed by atoms with Crippen molar-refractivity contribution in [3.8, 4) is 11.5 Å². The fourth-order valence-corrected chi connectivity index (χ4v) is 2.94. The third kappa shape index (κ3) is 8.10. The van der Waals surface area contributed by atoms with E-state index in [1.807, 2.05) is 24.3 Å². The van der Waals surface area contributed by atoms with Gasteiger partial charge in [-0.15, -0.1) is 24.0 Å². The highest BCUT2D eigenvalue weighted by Gasteiger charge is 2.13. The van der Waals surface area contributed by atoms with Gasteiger partial charge >= 0.3 is 0 Å². The van der Waals surface area contributed by atoms with Crippen LogP contribution in [-0.2, 0) is 13.0 Å². The lowest BCUT2D eigenvalue weighted by Crippen LogP contribution is -2.45. The second-order valence-corrected chi connectivity index (χ2v) is 6.79.